The number of nitrogens with two attached hydrogens (primary N) is 1. The minimum absolute atomic E-state index is 0.00246. The summed E-state index contributed by atoms with van der Waals surface area (Å²) in [5.74, 6) is 0.562. The zero-order chi connectivity index (χ0) is 22.7. The Bertz CT molecular complexity index is 1120. The monoisotopic (exact) mass is 437 g/mol. The molecule has 2 fully saturated rings. The molecule has 2 aliphatic heterocycles. The molecule has 2 aliphatic rings. The Morgan fingerprint density at radius 2 is 2.09 bits per heavy atom. The lowest BCUT2D eigenvalue weighted by Gasteiger charge is -2.34. The van der Waals surface area contributed by atoms with Crippen LogP contribution in [-0.2, 0) is 13.6 Å². The van der Waals surface area contributed by atoms with Gasteiger partial charge in [0.05, 0.1) is 18.2 Å². The van der Waals surface area contributed by atoms with E-state index in [1.807, 2.05) is 17.0 Å². The molecular formula is C23H31N7O2. The van der Waals surface area contributed by atoms with Crippen molar-refractivity contribution in [3.63, 3.8) is 0 Å². The molecule has 4 N–H and O–H groups in total. The minimum atomic E-state index is -0.398. The molecule has 0 spiro atoms. The van der Waals surface area contributed by atoms with Crippen LogP contribution in [0, 0.1) is 11.3 Å². The van der Waals surface area contributed by atoms with E-state index in [-0.39, 0.29) is 18.1 Å². The zero-order valence-electron chi connectivity index (χ0n) is 18.5. The Kier molecular flexibility index (Phi) is 6.63. The molecule has 170 valence electrons. The van der Waals surface area contributed by atoms with Crippen molar-refractivity contribution in [1.29, 1.82) is 5.26 Å². The van der Waals surface area contributed by atoms with E-state index in [0.717, 1.165) is 61.1 Å². The van der Waals surface area contributed by atoms with E-state index in [2.05, 4.69) is 16.7 Å². The van der Waals surface area contributed by atoms with Crippen LogP contribution >= 0.6 is 0 Å². The minimum Gasteiger partial charge on any atom is -0.381 e. The molecule has 2 aromatic rings. The number of nitrogens with one attached hydrogen (secondary N) is 2. The fourth-order valence-electron chi connectivity index (χ4n) is 4.59. The molecule has 0 bridgehead atoms. The van der Waals surface area contributed by atoms with E-state index in [1.165, 1.54) is 13.1 Å². The lowest BCUT2D eigenvalue weighted by Crippen LogP contribution is -2.47. The maximum atomic E-state index is 13.1. The SMILES string of the molecule is Cn1c(=O)cc(N2CCC[C@@H](N)C2)n(Cc2cc(N[C@@H]3CCCNC3)ccc2C#N)c1=O. The van der Waals surface area contributed by atoms with Crippen LogP contribution in [0.3, 0.4) is 0 Å². The summed E-state index contributed by atoms with van der Waals surface area (Å²) in [6.45, 7) is 3.47. The maximum Gasteiger partial charge on any atom is 0.332 e. The van der Waals surface area contributed by atoms with Gasteiger partial charge in [-0.05, 0) is 56.0 Å². The highest BCUT2D eigenvalue weighted by atomic mass is 16.2. The number of aromatic nitrogens is 2. The standard InChI is InChI=1S/C23H31N7O2/c1-28-22(31)11-21(29-9-3-4-18(25)15-29)30(23(28)32)14-17-10-19(7-6-16(17)12-24)27-20-5-2-8-26-13-20/h6-7,10-11,18,20,26-27H,2-5,8-9,13-15,25H2,1H3/t18-,20-/m1/s1. The molecule has 0 unspecified atom stereocenters. The van der Waals surface area contributed by atoms with Crippen molar-refractivity contribution in [2.75, 3.05) is 36.4 Å². The van der Waals surface area contributed by atoms with Crippen LogP contribution < -0.4 is 32.5 Å². The Labute approximate surface area is 187 Å². The summed E-state index contributed by atoms with van der Waals surface area (Å²) in [5, 5.41) is 16.6. The van der Waals surface area contributed by atoms with Crippen LogP contribution in [0.4, 0.5) is 11.5 Å². The quantitative estimate of drug-likeness (QED) is 0.625. The van der Waals surface area contributed by atoms with Gasteiger partial charge in [0.15, 0.2) is 0 Å². The van der Waals surface area contributed by atoms with E-state index in [4.69, 9.17) is 5.73 Å². The zero-order valence-corrected chi connectivity index (χ0v) is 18.5. The van der Waals surface area contributed by atoms with Crippen molar-refractivity contribution in [1.82, 2.24) is 14.5 Å². The van der Waals surface area contributed by atoms with E-state index < -0.39 is 5.69 Å². The lowest BCUT2D eigenvalue weighted by atomic mass is 10.0. The molecule has 0 aliphatic carbocycles. The van der Waals surface area contributed by atoms with Gasteiger partial charge in [0, 0.05) is 50.5 Å². The van der Waals surface area contributed by atoms with E-state index in [0.29, 0.717) is 24.0 Å². The Morgan fingerprint density at radius 1 is 1.25 bits per heavy atom. The average molecular weight is 438 g/mol. The third kappa shape index (κ3) is 4.71. The van der Waals surface area contributed by atoms with Crippen molar-refractivity contribution in [3.8, 4) is 6.07 Å². The van der Waals surface area contributed by atoms with Crippen LogP contribution in [0.5, 0.6) is 0 Å². The second-order valence-electron chi connectivity index (χ2n) is 8.79. The average Bonchev–Trinajstić information content (AvgIpc) is 2.80. The lowest BCUT2D eigenvalue weighted by molar-refractivity contribution is 0.480. The van der Waals surface area contributed by atoms with Crippen LogP contribution in [-0.4, -0.2) is 47.4 Å². The summed E-state index contributed by atoms with van der Waals surface area (Å²) >= 11 is 0. The fraction of sp³-hybridized carbons (Fsp3) is 0.522. The van der Waals surface area contributed by atoms with Crippen LogP contribution in [0.2, 0.25) is 0 Å². The first-order chi connectivity index (χ1) is 15.5. The molecule has 0 amide bonds. The first kappa shape index (κ1) is 22.1. The van der Waals surface area contributed by atoms with Crippen LogP contribution in [0.15, 0.2) is 33.9 Å². The van der Waals surface area contributed by atoms with Crippen molar-refractivity contribution in [3.05, 3.63) is 56.2 Å². The van der Waals surface area contributed by atoms with Gasteiger partial charge in [-0.2, -0.15) is 5.26 Å². The molecule has 9 heteroatoms. The Morgan fingerprint density at radius 3 is 2.81 bits per heavy atom. The number of piperidine rings is 2. The van der Waals surface area contributed by atoms with Crippen molar-refractivity contribution in [2.24, 2.45) is 12.8 Å². The van der Waals surface area contributed by atoms with Gasteiger partial charge in [0.2, 0.25) is 0 Å². The van der Waals surface area contributed by atoms with Gasteiger partial charge >= 0.3 is 5.69 Å². The number of anilines is 2. The topological polar surface area (TPSA) is 121 Å². The highest BCUT2D eigenvalue weighted by Gasteiger charge is 2.22. The van der Waals surface area contributed by atoms with Gasteiger partial charge in [0.1, 0.15) is 5.82 Å². The van der Waals surface area contributed by atoms with Gasteiger partial charge in [-0.15, -0.1) is 0 Å². The second kappa shape index (κ2) is 9.59. The molecule has 1 aromatic heterocycles. The molecule has 3 heterocycles. The largest absolute Gasteiger partial charge is 0.381 e. The Hall–Kier alpha value is -3.09. The molecular weight excluding hydrogens is 406 g/mol. The summed E-state index contributed by atoms with van der Waals surface area (Å²) in [6, 6.07) is 9.71. The van der Waals surface area contributed by atoms with Gasteiger partial charge < -0.3 is 21.3 Å². The normalized spacial score (nSPS) is 21.2. The van der Waals surface area contributed by atoms with Gasteiger partial charge in [-0.3, -0.25) is 13.9 Å². The van der Waals surface area contributed by atoms with E-state index in [9.17, 15) is 14.9 Å². The van der Waals surface area contributed by atoms with Gasteiger partial charge in [0.25, 0.3) is 5.56 Å². The maximum absolute atomic E-state index is 13.1. The molecule has 2 saturated heterocycles. The number of rotatable bonds is 5. The predicted molar refractivity (Wildman–Crippen MR) is 125 cm³/mol. The molecule has 1 aromatic carbocycles. The smallest absolute Gasteiger partial charge is 0.332 e. The van der Waals surface area contributed by atoms with E-state index >= 15 is 0 Å². The van der Waals surface area contributed by atoms with Gasteiger partial charge in [-0.1, -0.05) is 0 Å². The van der Waals surface area contributed by atoms with Gasteiger partial charge in [-0.25, -0.2) is 4.79 Å². The van der Waals surface area contributed by atoms with Crippen molar-refractivity contribution < 1.29 is 0 Å². The summed E-state index contributed by atoms with van der Waals surface area (Å²) in [6.07, 6.45) is 4.04. The number of benzene rings is 1. The van der Waals surface area contributed by atoms with E-state index in [1.54, 1.807) is 10.6 Å². The highest BCUT2D eigenvalue weighted by molar-refractivity contribution is 5.53. The van der Waals surface area contributed by atoms with Crippen LogP contribution in [0.25, 0.3) is 0 Å². The number of hydrogen-bond acceptors (Lipinski definition) is 7. The Balaban J connectivity index is 1.70. The molecule has 2 atom stereocenters. The molecule has 0 radical (unpaired) electrons. The second-order valence-corrected chi connectivity index (χ2v) is 8.79. The third-order valence-electron chi connectivity index (χ3n) is 6.38. The summed E-state index contributed by atoms with van der Waals surface area (Å²) in [4.78, 5) is 27.5. The third-order valence-corrected chi connectivity index (χ3v) is 6.38. The number of nitrogens with zero attached hydrogens (tertiary/aromatic N) is 4. The van der Waals surface area contributed by atoms with Crippen molar-refractivity contribution in [2.45, 2.75) is 44.3 Å². The number of nitriles is 1. The first-order valence-electron chi connectivity index (χ1n) is 11.3. The molecule has 9 nitrogen and oxygen atoms in total. The molecule has 4 rings (SSSR count). The molecule has 32 heavy (non-hydrogen) atoms. The predicted octanol–water partition coefficient (Wildman–Crippen LogP) is 0.558. The summed E-state index contributed by atoms with van der Waals surface area (Å²) < 4.78 is 2.69. The van der Waals surface area contributed by atoms with Crippen molar-refractivity contribution >= 4 is 11.5 Å². The fourth-order valence-corrected chi connectivity index (χ4v) is 4.59. The number of hydrogen-bond donors (Lipinski definition) is 3. The van der Waals surface area contributed by atoms with Crippen LogP contribution in [0.1, 0.15) is 36.8 Å². The first-order valence-corrected chi connectivity index (χ1v) is 11.3. The highest BCUT2D eigenvalue weighted by Crippen LogP contribution is 2.22. The molecule has 0 saturated carbocycles. The summed E-state index contributed by atoms with van der Waals surface area (Å²) in [5.41, 5.74) is 7.59. The summed E-state index contributed by atoms with van der Waals surface area (Å²) in [7, 11) is 1.48.